The van der Waals surface area contributed by atoms with Crippen LogP contribution < -0.4 is 5.32 Å². The molecule has 1 fully saturated rings. The smallest absolute Gasteiger partial charge is 0.226 e. The first kappa shape index (κ1) is 14.4. The van der Waals surface area contributed by atoms with Crippen LogP contribution in [0.5, 0.6) is 0 Å². The summed E-state index contributed by atoms with van der Waals surface area (Å²) in [6.45, 7) is 3.88. The number of rotatable bonds is 2. The summed E-state index contributed by atoms with van der Waals surface area (Å²) in [6.07, 6.45) is 7.50. The van der Waals surface area contributed by atoms with Gasteiger partial charge >= 0.3 is 0 Å². The highest BCUT2D eigenvalue weighted by molar-refractivity contribution is 6.28. The predicted molar refractivity (Wildman–Crippen MR) is 84.7 cm³/mol. The Bertz CT molecular complexity index is 650. The van der Waals surface area contributed by atoms with Gasteiger partial charge < -0.3 is 5.32 Å². The number of anilines is 1. The van der Waals surface area contributed by atoms with Crippen LogP contribution in [-0.2, 0) is 0 Å². The van der Waals surface area contributed by atoms with Crippen LogP contribution in [-0.4, -0.2) is 26.0 Å². The Balaban J connectivity index is 1.98. The average molecular weight is 306 g/mol. The Morgan fingerprint density at radius 2 is 1.57 bits per heavy atom. The van der Waals surface area contributed by atoms with Crippen molar-refractivity contribution in [2.75, 3.05) is 5.32 Å². The topological polar surface area (TPSA) is 63.6 Å². The van der Waals surface area contributed by atoms with Crippen molar-refractivity contribution in [2.24, 2.45) is 0 Å². The van der Waals surface area contributed by atoms with E-state index in [0.717, 1.165) is 11.4 Å². The third-order valence-electron chi connectivity index (χ3n) is 4.11. The average Bonchev–Trinajstić information content (AvgIpc) is 2.69. The maximum atomic E-state index is 6.04. The van der Waals surface area contributed by atoms with Crippen LogP contribution in [0.15, 0.2) is 0 Å². The van der Waals surface area contributed by atoms with Gasteiger partial charge in [-0.05, 0) is 38.3 Å². The number of fused-ring (bicyclic) bond motifs is 1. The minimum absolute atomic E-state index is 0.219. The molecular weight excluding hydrogens is 286 g/mol. The Labute approximate surface area is 129 Å². The molecule has 3 rings (SSSR count). The van der Waals surface area contributed by atoms with Gasteiger partial charge in [0, 0.05) is 6.04 Å². The molecule has 0 aliphatic heterocycles. The van der Waals surface area contributed by atoms with Crippen molar-refractivity contribution in [3.63, 3.8) is 0 Å². The zero-order chi connectivity index (χ0) is 14.8. The lowest BCUT2D eigenvalue weighted by atomic mass is 10.1. The lowest BCUT2D eigenvalue weighted by molar-refractivity contribution is 0.618. The summed E-state index contributed by atoms with van der Waals surface area (Å²) in [4.78, 5) is 17.6. The first-order valence-corrected chi connectivity index (χ1v) is 7.96. The molecule has 2 heterocycles. The van der Waals surface area contributed by atoms with Crippen molar-refractivity contribution in [1.82, 2.24) is 19.9 Å². The number of hydrogen-bond donors (Lipinski definition) is 1. The summed E-state index contributed by atoms with van der Waals surface area (Å²) >= 11 is 6.04. The van der Waals surface area contributed by atoms with E-state index in [1.54, 1.807) is 0 Å². The first-order valence-electron chi connectivity index (χ1n) is 7.58. The van der Waals surface area contributed by atoms with Crippen molar-refractivity contribution in [1.29, 1.82) is 0 Å². The van der Waals surface area contributed by atoms with Gasteiger partial charge in [-0.25, -0.2) is 9.97 Å². The van der Waals surface area contributed by atoms with Gasteiger partial charge in [-0.2, -0.15) is 9.97 Å². The number of halogens is 1. The minimum atomic E-state index is 0.219. The lowest BCUT2D eigenvalue weighted by Crippen LogP contribution is -2.20. The molecule has 21 heavy (non-hydrogen) atoms. The predicted octanol–water partition coefficient (Wildman–Crippen LogP) is 3.82. The Morgan fingerprint density at radius 1 is 0.905 bits per heavy atom. The minimum Gasteiger partial charge on any atom is -0.365 e. The zero-order valence-corrected chi connectivity index (χ0v) is 13.2. The van der Waals surface area contributed by atoms with Gasteiger partial charge in [0.1, 0.15) is 0 Å². The normalized spacial score (nSPS) is 16.9. The second-order valence-electron chi connectivity index (χ2n) is 5.74. The van der Waals surface area contributed by atoms with Crippen LogP contribution >= 0.6 is 11.6 Å². The fourth-order valence-electron chi connectivity index (χ4n) is 2.80. The highest BCUT2D eigenvalue weighted by Crippen LogP contribution is 2.25. The largest absolute Gasteiger partial charge is 0.365 e. The van der Waals surface area contributed by atoms with Gasteiger partial charge in [0.25, 0.3) is 0 Å². The summed E-state index contributed by atoms with van der Waals surface area (Å²) < 4.78 is 0. The number of aryl methyl sites for hydroxylation is 2. The van der Waals surface area contributed by atoms with Crippen molar-refractivity contribution < 1.29 is 0 Å². The number of aromatic nitrogens is 4. The second kappa shape index (κ2) is 6.10. The van der Waals surface area contributed by atoms with E-state index in [1.807, 2.05) is 13.8 Å². The fourth-order valence-corrected chi connectivity index (χ4v) is 2.97. The summed E-state index contributed by atoms with van der Waals surface area (Å²) in [7, 11) is 0. The van der Waals surface area contributed by atoms with E-state index in [1.165, 1.54) is 38.5 Å². The summed E-state index contributed by atoms with van der Waals surface area (Å²) in [5.41, 5.74) is 3.05. The first-order chi connectivity index (χ1) is 10.1. The van der Waals surface area contributed by atoms with Gasteiger partial charge in [0.2, 0.25) is 5.28 Å². The fraction of sp³-hybridized carbons (Fsp3) is 0.600. The van der Waals surface area contributed by atoms with Crippen molar-refractivity contribution in [3.05, 3.63) is 16.7 Å². The van der Waals surface area contributed by atoms with Crippen LogP contribution in [0.2, 0.25) is 5.28 Å². The number of hydrogen-bond acceptors (Lipinski definition) is 5. The zero-order valence-electron chi connectivity index (χ0n) is 12.5. The molecular formula is C15H20ClN5. The van der Waals surface area contributed by atoms with Gasteiger partial charge in [0.15, 0.2) is 17.0 Å². The van der Waals surface area contributed by atoms with E-state index in [-0.39, 0.29) is 5.28 Å². The maximum absolute atomic E-state index is 6.04. The maximum Gasteiger partial charge on any atom is 0.226 e. The molecule has 0 amide bonds. The van der Waals surface area contributed by atoms with Gasteiger partial charge in [-0.3, -0.25) is 0 Å². The van der Waals surface area contributed by atoms with Crippen LogP contribution in [0.1, 0.15) is 49.9 Å². The molecule has 0 bridgehead atoms. The molecule has 1 N–H and O–H groups in total. The molecule has 1 saturated carbocycles. The molecule has 0 radical (unpaired) electrons. The van der Waals surface area contributed by atoms with Crippen molar-refractivity contribution in [3.8, 4) is 0 Å². The molecule has 1 aliphatic carbocycles. The standard InChI is InChI=1S/C15H20ClN5/c1-9-10(2)18-13-12(17-9)14(21-15(16)20-13)19-11-7-5-3-4-6-8-11/h11H,3-8H2,1-2H3,(H,18,19,20,21). The molecule has 0 aromatic carbocycles. The van der Waals surface area contributed by atoms with Gasteiger partial charge in [-0.15, -0.1) is 0 Å². The summed E-state index contributed by atoms with van der Waals surface area (Å²) in [5, 5.41) is 3.73. The van der Waals surface area contributed by atoms with E-state index in [9.17, 15) is 0 Å². The molecule has 5 nitrogen and oxygen atoms in total. The molecule has 0 spiro atoms. The Hall–Kier alpha value is -1.49. The van der Waals surface area contributed by atoms with Gasteiger partial charge in [-0.1, -0.05) is 25.7 Å². The van der Waals surface area contributed by atoms with Crippen molar-refractivity contribution in [2.45, 2.75) is 58.4 Å². The van der Waals surface area contributed by atoms with E-state index in [0.29, 0.717) is 23.0 Å². The molecule has 2 aromatic heterocycles. The van der Waals surface area contributed by atoms with Crippen LogP contribution in [0.25, 0.3) is 11.2 Å². The second-order valence-corrected chi connectivity index (χ2v) is 6.08. The van der Waals surface area contributed by atoms with Gasteiger partial charge in [0.05, 0.1) is 11.4 Å². The Morgan fingerprint density at radius 3 is 2.29 bits per heavy atom. The molecule has 0 unspecified atom stereocenters. The van der Waals surface area contributed by atoms with E-state index >= 15 is 0 Å². The van der Waals surface area contributed by atoms with Crippen LogP contribution in [0.3, 0.4) is 0 Å². The third kappa shape index (κ3) is 3.23. The van der Waals surface area contributed by atoms with Crippen LogP contribution in [0, 0.1) is 13.8 Å². The SMILES string of the molecule is Cc1nc2nc(Cl)nc(NC3CCCCCC3)c2nc1C. The lowest BCUT2D eigenvalue weighted by Gasteiger charge is -2.17. The van der Waals surface area contributed by atoms with Crippen LogP contribution in [0.4, 0.5) is 5.82 Å². The number of nitrogens with zero attached hydrogens (tertiary/aromatic N) is 4. The summed E-state index contributed by atoms with van der Waals surface area (Å²) in [6, 6.07) is 0.435. The monoisotopic (exact) mass is 305 g/mol. The Kier molecular flexibility index (Phi) is 4.19. The molecule has 0 atom stereocenters. The summed E-state index contributed by atoms with van der Waals surface area (Å²) in [5.74, 6) is 0.715. The number of nitrogens with one attached hydrogen (secondary N) is 1. The van der Waals surface area contributed by atoms with E-state index in [4.69, 9.17) is 11.6 Å². The third-order valence-corrected chi connectivity index (χ3v) is 4.28. The molecule has 112 valence electrons. The quantitative estimate of drug-likeness (QED) is 0.675. The van der Waals surface area contributed by atoms with Crippen molar-refractivity contribution >= 4 is 28.6 Å². The molecule has 2 aromatic rings. The highest BCUT2D eigenvalue weighted by atomic mass is 35.5. The van der Waals surface area contributed by atoms with E-state index in [2.05, 4.69) is 25.3 Å². The van der Waals surface area contributed by atoms with E-state index < -0.39 is 0 Å². The molecule has 6 heteroatoms. The highest BCUT2D eigenvalue weighted by Gasteiger charge is 2.17. The molecule has 1 aliphatic rings. The molecule has 0 saturated heterocycles.